The highest BCUT2D eigenvalue weighted by Gasteiger charge is 2.08. The fraction of sp³-hybridized carbons (Fsp3) is 0.500. The highest BCUT2D eigenvalue weighted by Crippen LogP contribution is 2.20. The fourth-order valence-electron chi connectivity index (χ4n) is 1.46. The molecule has 0 radical (unpaired) electrons. The minimum atomic E-state index is -0.528. The molecule has 2 nitrogen and oxygen atoms in total. The normalized spacial score (nSPS) is 12.8. The standard InChI is InChI=1S/C12H17FO2/c1-9-8-10(5-6-11(9)13)12(14)4-3-7-15-2/h5-6,8,12,14H,3-4,7H2,1-2H3. The molecule has 0 aliphatic heterocycles. The zero-order chi connectivity index (χ0) is 11.3. The second-order valence-electron chi connectivity index (χ2n) is 3.66. The summed E-state index contributed by atoms with van der Waals surface area (Å²) in [6.07, 6.45) is 0.909. The van der Waals surface area contributed by atoms with Crippen molar-refractivity contribution >= 4 is 0 Å². The van der Waals surface area contributed by atoms with Crippen molar-refractivity contribution in [2.75, 3.05) is 13.7 Å². The van der Waals surface area contributed by atoms with Crippen LogP contribution >= 0.6 is 0 Å². The van der Waals surface area contributed by atoms with Crippen LogP contribution in [0, 0.1) is 12.7 Å². The zero-order valence-corrected chi connectivity index (χ0v) is 9.16. The van der Waals surface area contributed by atoms with E-state index in [1.807, 2.05) is 0 Å². The van der Waals surface area contributed by atoms with Crippen LogP contribution in [0.15, 0.2) is 18.2 Å². The SMILES string of the molecule is COCCCC(O)c1ccc(F)c(C)c1. The van der Waals surface area contributed by atoms with Crippen molar-refractivity contribution in [3.63, 3.8) is 0 Å². The lowest BCUT2D eigenvalue weighted by atomic mass is 10.0. The van der Waals surface area contributed by atoms with Crippen molar-refractivity contribution in [1.29, 1.82) is 0 Å². The smallest absolute Gasteiger partial charge is 0.126 e. The lowest BCUT2D eigenvalue weighted by Gasteiger charge is -2.11. The van der Waals surface area contributed by atoms with Gasteiger partial charge in [0.1, 0.15) is 5.82 Å². The summed E-state index contributed by atoms with van der Waals surface area (Å²) in [6, 6.07) is 4.71. The number of aliphatic hydroxyl groups excluding tert-OH is 1. The van der Waals surface area contributed by atoms with Crippen molar-refractivity contribution in [2.45, 2.75) is 25.9 Å². The molecule has 0 heterocycles. The molecular formula is C12H17FO2. The third kappa shape index (κ3) is 3.61. The van der Waals surface area contributed by atoms with Gasteiger partial charge in [0, 0.05) is 13.7 Å². The average Bonchev–Trinajstić information content (AvgIpc) is 2.22. The van der Waals surface area contributed by atoms with Gasteiger partial charge in [-0.05, 0) is 37.0 Å². The van der Waals surface area contributed by atoms with Crippen molar-refractivity contribution in [1.82, 2.24) is 0 Å². The number of benzene rings is 1. The minimum Gasteiger partial charge on any atom is -0.388 e. The van der Waals surface area contributed by atoms with Crippen LogP contribution in [0.2, 0.25) is 0 Å². The summed E-state index contributed by atoms with van der Waals surface area (Å²) in [6.45, 7) is 2.33. The van der Waals surface area contributed by atoms with Gasteiger partial charge in [-0.25, -0.2) is 4.39 Å². The molecule has 0 saturated heterocycles. The van der Waals surface area contributed by atoms with Crippen LogP contribution in [0.4, 0.5) is 4.39 Å². The molecule has 1 aromatic rings. The van der Waals surface area contributed by atoms with Crippen molar-refractivity contribution in [3.8, 4) is 0 Å². The molecule has 0 fully saturated rings. The number of hydrogen-bond donors (Lipinski definition) is 1. The molecule has 0 aliphatic rings. The molecule has 3 heteroatoms. The summed E-state index contributed by atoms with van der Waals surface area (Å²) in [5, 5.41) is 9.78. The molecule has 1 atom stereocenters. The Labute approximate surface area is 89.7 Å². The first-order valence-corrected chi connectivity index (χ1v) is 5.08. The van der Waals surface area contributed by atoms with Gasteiger partial charge in [0.2, 0.25) is 0 Å². The van der Waals surface area contributed by atoms with E-state index in [0.717, 1.165) is 12.0 Å². The lowest BCUT2D eigenvalue weighted by molar-refractivity contribution is 0.136. The monoisotopic (exact) mass is 212 g/mol. The van der Waals surface area contributed by atoms with Crippen LogP contribution in [0.25, 0.3) is 0 Å². The summed E-state index contributed by atoms with van der Waals surface area (Å²) >= 11 is 0. The molecule has 84 valence electrons. The molecule has 0 bridgehead atoms. The van der Waals surface area contributed by atoms with Gasteiger partial charge in [-0.3, -0.25) is 0 Å². The Balaban J connectivity index is 2.57. The number of aryl methyl sites for hydroxylation is 1. The van der Waals surface area contributed by atoms with Gasteiger partial charge in [0.15, 0.2) is 0 Å². The van der Waals surface area contributed by atoms with Crippen LogP contribution in [-0.4, -0.2) is 18.8 Å². The van der Waals surface area contributed by atoms with E-state index < -0.39 is 6.10 Å². The second kappa shape index (κ2) is 5.83. The van der Waals surface area contributed by atoms with Gasteiger partial charge in [-0.15, -0.1) is 0 Å². The molecule has 1 unspecified atom stereocenters. The molecule has 15 heavy (non-hydrogen) atoms. The first-order valence-electron chi connectivity index (χ1n) is 5.08. The highest BCUT2D eigenvalue weighted by molar-refractivity contribution is 5.25. The molecule has 0 amide bonds. The molecule has 0 aromatic heterocycles. The summed E-state index contributed by atoms with van der Waals surface area (Å²) < 4.78 is 17.9. The van der Waals surface area contributed by atoms with Gasteiger partial charge in [0.05, 0.1) is 6.10 Å². The Kier molecular flexibility index (Phi) is 4.72. The summed E-state index contributed by atoms with van der Waals surface area (Å²) in [5.74, 6) is -0.233. The first-order chi connectivity index (χ1) is 7.15. The number of ether oxygens (including phenoxy) is 1. The fourth-order valence-corrected chi connectivity index (χ4v) is 1.46. The molecule has 0 aliphatic carbocycles. The van der Waals surface area contributed by atoms with E-state index in [4.69, 9.17) is 4.74 Å². The van der Waals surface area contributed by atoms with Gasteiger partial charge in [0.25, 0.3) is 0 Å². The summed E-state index contributed by atoms with van der Waals surface area (Å²) in [5.41, 5.74) is 1.34. The minimum absolute atomic E-state index is 0.233. The highest BCUT2D eigenvalue weighted by atomic mass is 19.1. The number of halogens is 1. The Bertz CT molecular complexity index is 312. The van der Waals surface area contributed by atoms with Crippen molar-refractivity contribution in [2.24, 2.45) is 0 Å². The van der Waals surface area contributed by atoms with Crippen molar-refractivity contribution < 1.29 is 14.2 Å². The average molecular weight is 212 g/mol. The molecule has 1 N–H and O–H groups in total. The largest absolute Gasteiger partial charge is 0.388 e. The van der Waals surface area contributed by atoms with E-state index in [2.05, 4.69) is 0 Å². The van der Waals surface area contributed by atoms with Crippen LogP contribution in [0.5, 0.6) is 0 Å². The Morgan fingerprint density at radius 1 is 1.47 bits per heavy atom. The van der Waals surface area contributed by atoms with E-state index in [9.17, 15) is 9.50 Å². The van der Waals surface area contributed by atoms with E-state index in [0.29, 0.717) is 18.6 Å². The molecule has 0 spiro atoms. The van der Waals surface area contributed by atoms with Crippen molar-refractivity contribution in [3.05, 3.63) is 35.1 Å². The Morgan fingerprint density at radius 3 is 2.80 bits per heavy atom. The topological polar surface area (TPSA) is 29.5 Å². The maximum absolute atomic E-state index is 13.0. The third-order valence-electron chi connectivity index (χ3n) is 2.39. The quantitative estimate of drug-likeness (QED) is 0.760. The van der Waals surface area contributed by atoms with Crippen LogP contribution in [0.1, 0.15) is 30.1 Å². The second-order valence-corrected chi connectivity index (χ2v) is 3.66. The van der Waals surface area contributed by atoms with Crippen LogP contribution in [0.3, 0.4) is 0 Å². The predicted octanol–water partition coefficient (Wildman–Crippen LogP) is 2.59. The maximum atomic E-state index is 13.0. The third-order valence-corrected chi connectivity index (χ3v) is 2.39. The van der Waals surface area contributed by atoms with Gasteiger partial charge in [-0.1, -0.05) is 12.1 Å². The Morgan fingerprint density at radius 2 is 2.20 bits per heavy atom. The molecule has 1 rings (SSSR count). The predicted molar refractivity (Wildman–Crippen MR) is 57.2 cm³/mol. The van der Waals surface area contributed by atoms with Gasteiger partial charge < -0.3 is 9.84 Å². The lowest BCUT2D eigenvalue weighted by Crippen LogP contribution is -2.00. The number of methoxy groups -OCH3 is 1. The Hall–Kier alpha value is -0.930. The summed E-state index contributed by atoms with van der Waals surface area (Å²) in [4.78, 5) is 0. The number of aliphatic hydroxyl groups is 1. The maximum Gasteiger partial charge on any atom is 0.126 e. The van der Waals surface area contributed by atoms with Crippen LogP contribution < -0.4 is 0 Å². The zero-order valence-electron chi connectivity index (χ0n) is 9.16. The van der Waals surface area contributed by atoms with E-state index in [1.54, 1.807) is 26.2 Å². The van der Waals surface area contributed by atoms with E-state index >= 15 is 0 Å². The van der Waals surface area contributed by atoms with E-state index in [1.165, 1.54) is 6.07 Å². The molecule has 1 aromatic carbocycles. The van der Waals surface area contributed by atoms with Crippen LogP contribution in [-0.2, 0) is 4.74 Å². The van der Waals surface area contributed by atoms with E-state index in [-0.39, 0.29) is 5.82 Å². The van der Waals surface area contributed by atoms with Gasteiger partial charge in [-0.2, -0.15) is 0 Å². The molecule has 0 saturated carbocycles. The first kappa shape index (κ1) is 12.1. The summed E-state index contributed by atoms with van der Waals surface area (Å²) in [7, 11) is 1.63. The molecular weight excluding hydrogens is 195 g/mol. The number of hydrogen-bond acceptors (Lipinski definition) is 2. The van der Waals surface area contributed by atoms with Gasteiger partial charge >= 0.3 is 0 Å². The number of rotatable bonds is 5.